The zero-order chi connectivity index (χ0) is 9.90. The fourth-order valence-corrected chi connectivity index (χ4v) is 1.81. The third-order valence-electron chi connectivity index (χ3n) is 2.83. The average Bonchev–Trinajstić information content (AvgIpc) is 2.09. The van der Waals surface area contributed by atoms with E-state index in [0.717, 1.165) is 19.4 Å². The topological polar surface area (TPSA) is 72.5 Å². The smallest absolute Gasteiger partial charge is 0.323 e. The Kier molecular flexibility index (Phi) is 3.27. The van der Waals surface area contributed by atoms with E-state index in [2.05, 4.69) is 0 Å². The summed E-state index contributed by atoms with van der Waals surface area (Å²) in [7, 11) is 1.67. The highest BCUT2D eigenvalue weighted by Crippen LogP contribution is 2.30. The van der Waals surface area contributed by atoms with E-state index in [-0.39, 0.29) is 0 Å². The van der Waals surface area contributed by atoms with E-state index >= 15 is 0 Å². The summed E-state index contributed by atoms with van der Waals surface area (Å²) in [6, 6.07) is 0. The summed E-state index contributed by atoms with van der Waals surface area (Å²) in [5.41, 5.74) is 4.74. The minimum absolute atomic E-state index is 0.487. The van der Waals surface area contributed by atoms with E-state index in [1.165, 1.54) is 0 Å². The summed E-state index contributed by atoms with van der Waals surface area (Å²) in [5.74, 6) is -0.385. The number of aliphatic carboxylic acids is 1. The monoisotopic (exact) mass is 187 g/mol. The Morgan fingerprint density at radius 1 is 1.62 bits per heavy atom. The highest BCUT2D eigenvalue weighted by molar-refractivity contribution is 5.78. The standard InChI is InChI=1S/C9H17NO3/c1-13-6-7-2-4-9(10,5-3-7)8(11)12/h7H,2-6,10H2,1H3,(H,11,12). The average molecular weight is 187 g/mol. The first-order valence-corrected chi connectivity index (χ1v) is 4.60. The van der Waals surface area contributed by atoms with Gasteiger partial charge in [0, 0.05) is 13.7 Å². The van der Waals surface area contributed by atoms with E-state index in [1.807, 2.05) is 0 Å². The second-order valence-corrected chi connectivity index (χ2v) is 3.86. The van der Waals surface area contributed by atoms with Crippen molar-refractivity contribution in [2.75, 3.05) is 13.7 Å². The molecular formula is C9H17NO3. The molecule has 0 amide bonds. The fourth-order valence-electron chi connectivity index (χ4n) is 1.81. The van der Waals surface area contributed by atoms with Crippen molar-refractivity contribution in [3.8, 4) is 0 Å². The number of hydrogen-bond donors (Lipinski definition) is 2. The number of carbonyl (C=O) groups is 1. The second kappa shape index (κ2) is 4.07. The summed E-state index contributed by atoms with van der Waals surface area (Å²) < 4.78 is 5.02. The van der Waals surface area contributed by atoms with Crippen molar-refractivity contribution in [2.45, 2.75) is 31.2 Å². The number of nitrogens with two attached hydrogens (primary N) is 1. The predicted molar refractivity (Wildman–Crippen MR) is 48.4 cm³/mol. The number of methoxy groups -OCH3 is 1. The van der Waals surface area contributed by atoms with Gasteiger partial charge in [0.05, 0.1) is 0 Å². The number of carboxylic acid groups (broad SMARTS) is 1. The molecule has 0 unspecified atom stereocenters. The number of ether oxygens (including phenoxy) is 1. The molecule has 76 valence electrons. The first-order valence-electron chi connectivity index (χ1n) is 4.60. The molecular weight excluding hydrogens is 170 g/mol. The molecule has 1 saturated carbocycles. The summed E-state index contributed by atoms with van der Waals surface area (Å²) in [5, 5.41) is 8.86. The van der Waals surface area contributed by atoms with Crippen molar-refractivity contribution in [1.82, 2.24) is 0 Å². The molecule has 0 aromatic heterocycles. The Bertz CT molecular complexity index is 185. The van der Waals surface area contributed by atoms with Crippen molar-refractivity contribution in [2.24, 2.45) is 11.7 Å². The first-order chi connectivity index (χ1) is 6.08. The largest absolute Gasteiger partial charge is 0.480 e. The van der Waals surface area contributed by atoms with Gasteiger partial charge in [0.15, 0.2) is 0 Å². The van der Waals surface area contributed by atoms with Crippen LogP contribution in [0.15, 0.2) is 0 Å². The van der Waals surface area contributed by atoms with Crippen LogP contribution in [0.3, 0.4) is 0 Å². The third-order valence-corrected chi connectivity index (χ3v) is 2.83. The van der Waals surface area contributed by atoms with Gasteiger partial charge in [0.2, 0.25) is 0 Å². The van der Waals surface area contributed by atoms with Crippen LogP contribution in [0.25, 0.3) is 0 Å². The van der Waals surface area contributed by atoms with Gasteiger partial charge in [-0.15, -0.1) is 0 Å². The summed E-state index contributed by atoms with van der Waals surface area (Å²) in [6.45, 7) is 0.718. The predicted octanol–water partition coefficient (Wildman–Crippen LogP) is 0.605. The van der Waals surface area contributed by atoms with E-state index in [1.54, 1.807) is 7.11 Å². The summed E-state index contributed by atoms with van der Waals surface area (Å²) in [4.78, 5) is 10.8. The molecule has 0 saturated heterocycles. The molecule has 0 bridgehead atoms. The molecule has 0 aliphatic heterocycles. The molecule has 1 rings (SSSR count). The van der Waals surface area contributed by atoms with Crippen molar-refractivity contribution >= 4 is 5.97 Å². The van der Waals surface area contributed by atoms with Crippen LogP contribution in [0.4, 0.5) is 0 Å². The van der Waals surface area contributed by atoms with Crippen LogP contribution in [0, 0.1) is 5.92 Å². The summed E-state index contributed by atoms with van der Waals surface area (Å²) >= 11 is 0. The van der Waals surface area contributed by atoms with Crippen LogP contribution >= 0.6 is 0 Å². The van der Waals surface area contributed by atoms with Gasteiger partial charge < -0.3 is 15.6 Å². The maximum Gasteiger partial charge on any atom is 0.323 e. The molecule has 0 radical (unpaired) electrons. The molecule has 0 heterocycles. The van der Waals surface area contributed by atoms with E-state index < -0.39 is 11.5 Å². The fraction of sp³-hybridized carbons (Fsp3) is 0.889. The molecule has 0 spiro atoms. The first kappa shape index (κ1) is 10.5. The maximum atomic E-state index is 10.8. The van der Waals surface area contributed by atoms with Crippen molar-refractivity contribution < 1.29 is 14.6 Å². The molecule has 0 aromatic rings. The molecule has 3 N–H and O–H groups in total. The van der Waals surface area contributed by atoms with Gasteiger partial charge in [0.1, 0.15) is 5.54 Å². The minimum atomic E-state index is -0.982. The molecule has 1 fully saturated rings. The lowest BCUT2D eigenvalue weighted by molar-refractivity contribution is -0.145. The third kappa shape index (κ3) is 2.42. The molecule has 1 aliphatic rings. The van der Waals surface area contributed by atoms with Crippen LogP contribution in [-0.2, 0) is 9.53 Å². The Morgan fingerprint density at radius 3 is 2.54 bits per heavy atom. The van der Waals surface area contributed by atoms with Crippen LogP contribution in [-0.4, -0.2) is 30.3 Å². The molecule has 1 aliphatic carbocycles. The Hall–Kier alpha value is -0.610. The lowest BCUT2D eigenvalue weighted by atomic mass is 9.77. The molecule has 0 aromatic carbocycles. The highest BCUT2D eigenvalue weighted by atomic mass is 16.5. The van der Waals surface area contributed by atoms with Crippen LogP contribution in [0.5, 0.6) is 0 Å². The van der Waals surface area contributed by atoms with Crippen LogP contribution in [0.2, 0.25) is 0 Å². The Balaban J connectivity index is 2.42. The van der Waals surface area contributed by atoms with Gasteiger partial charge in [-0.1, -0.05) is 0 Å². The zero-order valence-corrected chi connectivity index (χ0v) is 7.95. The quantitative estimate of drug-likeness (QED) is 0.678. The van der Waals surface area contributed by atoms with E-state index in [4.69, 9.17) is 15.6 Å². The zero-order valence-electron chi connectivity index (χ0n) is 7.95. The Morgan fingerprint density at radius 2 is 2.15 bits per heavy atom. The lowest BCUT2D eigenvalue weighted by Crippen LogP contribution is -2.50. The van der Waals surface area contributed by atoms with Crippen LogP contribution < -0.4 is 5.73 Å². The number of carboxylic acids is 1. The van der Waals surface area contributed by atoms with Gasteiger partial charge in [-0.3, -0.25) is 4.79 Å². The number of hydrogen-bond acceptors (Lipinski definition) is 3. The van der Waals surface area contributed by atoms with E-state index in [9.17, 15) is 4.79 Å². The van der Waals surface area contributed by atoms with Crippen molar-refractivity contribution in [1.29, 1.82) is 0 Å². The SMILES string of the molecule is COCC1CCC(N)(C(=O)O)CC1. The second-order valence-electron chi connectivity index (χ2n) is 3.86. The Labute approximate surface area is 78.1 Å². The van der Waals surface area contributed by atoms with Gasteiger partial charge in [-0.25, -0.2) is 0 Å². The molecule has 13 heavy (non-hydrogen) atoms. The minimum Gasteiger partial charge on any atom is -0.480 e. The van der Waals surface area contributed by atoms with Crippen LogP contribution in [0.1, 0.15) is 25.7 Å². The lowest BCUT2D eigenvalue weighted by Gasteiger charge is -2.33. The van der Waals surface area contributed by atoms with Gasteiger partial charge >= 0.3 is 5.97 Å². The highest BCUT2D eigenvalue weighted by Gasteiger charge is 2.37. The molecule has 4 heteroatoms. The van der Waals surface area contributed by atoms with Gasteiger partial charge in [-0.05, 0) is 31.6 Å². The van der Waals surface area contributed by atoms with E-state index in [0.29, 0.717) is 18.8 Å². The molecule has 4 nitrogen and oxygen atoms in total. The van der Waals surface area contributed by atoms with Crippen molar-refractivity contribution in [3.05, 3.63) is 0 Å². The summed E-state index contributed by atoms with van der Waals surface area (Å²) in [6.07, 6.45) is 2.85. The number of rotatable bonds is 3. The van der Waals surface area contributed by atoms with Gasteiger partial charge in [0.25, 0.3) is 0 Å². The van der Waals surface area contributed by atoms with Crippen molar-refractivity contribution in [3.63, 3.8) is 0 Å². The normalized spacial score (nSPS) is 34.5. The van der Waals surface area contributed by atoms with Gasteiger partial charge in [-0.2, -0.15) is 0 Å². The molecule has 0 atom stereocenters. The maximum absolute atomic E-state index is 10.8.